The van der Waals surface area contributed by atoms with Gasteiger partial charge in [0.25, 0.3) is 5.72 Å². The summed E-state index contributed by atoms with van der Waals surface area (Å²) in [4.78, 5) is 18.6. The van der Waals surface area contributed by atoms with Gasteiger partial charge in [0.05, 0.1) is 22.8 Å². The smallest absolute Gasteiger partial charge is 0.258 e. The Morgan fingerprint density at radius 2 is 1.76 bits per heavy atom. The lowest BCUT2D eigenvalue weighted by Crippen LogP contribution is -2.51. The highest BCUT2D eigenvalue weighted by molar-refractivity contribution is 9.10. The highest BCUT2D eigenvalue weighted by Gasteiger charge is 2.52. The van der Waals surface area contributed by atoms with Crippen LogP contribution >= 0.6 is 15.9 Å². The molecule has 0 aliphatic carbocycles. The maximum atomic E-state index is 14.0. The minimum atomic E-state index is -1.52. The van der Waals surface area contributed by atoms with Crippen LogP contribution in [0.1, 0.15) is 25.0 Å². The Bertz CT molecular complexity index is 1080. The third kappa shape index (κ3) is 3.10. The van der Waals surface area contributed by atoms with Crippen LogP contribution in [0.4, 0.5) is 5.82 Å². The fourth-order valence-corrected chi connectivity index (χ4v) is 3.88. The Morgan fingerprint density at radius 3 is 2.48 bits per heavy atom. The van der Waals surface area contributed by atoms with Crippen molar-refractivity contribution < 1.29 is 14.3 Å². The molecule has 1 unspecified atom stereocenters. The van der Waals surface area contributed by atoms with Crippen LogP contribution in [0, 0.1) is 0 Å². The number of rotatable bonds is 6. The van der Waals surface area contributed by atoms with E-state index in [9.17, 15) is 4.79 Å². The number of para-hydroxylation sites is 1. The van der Waals surface area contributed by atoms with E-state index in [1.807, 2.05) is 68.4 Å². The number of Topliss-reactive ketones (excluding diaryl/α,β-unsaturated/α-hetero) is 1. The second-order valence-corrected chi connectivity index (χ2v) is 7.24. The average Bonchev–Trinajstić information content (AvgIpc) is 3.12. The molecule has 2 aromatic carbocycles. The van der Waals surface area contributed by atoms with Crippen LogP contribution in [0.15, 0.2) is 70.3 Å². The van der Waals surface area contributed by atoms with Crippen molar-refractivity contribution >= 4 is 33.2 Å². The van der Waals surface area contributed by atoms with Crippen LogP contribution in [-0.4, -0.2) is 34.5 Å². The first-order valence-corrected chi connectivity index (χ1v) is 10.2. The first-order chi connectivity index (χ1) is 14.1. The first-order valence-electron chi connectivity index (χ1n) is 9.42. The molecule has 1 aliphatic heterocycles. The highest BCUT2D eigenvalue weighted by atomic mass is 79.9. The van der Waals surface area contributed by atoms with Gasteiger partial charge in [-0.15, -0.1) is 0 Å². The Labute approximate surface area is 177 Å². The van der Waals surface area contributed by atoms with Crippen LogP contribution in [0.3, 0.4) is 0 Å². The number of fused-ring (bicyclic) bond motifs is 1. The summed E-state index contributed by atoms with van der Waals surface area (Å²) in [5.41, 5.74) is 0.108. The summed E-state index contributed by atoms with van der Waals surface area (Å²) in [6.45, 7) is 4.51. The summed E-state index contributed by atoms with van der Waals surface area (Å²) in [6, 6.07) is 16.8. The molecular weight excluding hydrogens is 434 g/mol. The van der Waals surface area contributed by atoms with E-state index in [-0.39, 0.29) is 5.78 Å². The number of halogens is 1. The molecule has 0 N–H and O–H groups in total. The molecule has 0 radical (unpaired) electrons. The molecule has 4 rings (SSSR count). The molecule has 3 aromatic rings. The molecular formula is C22H20BrN3O3. The third-order valence-corrected chi connectivity index (χ3v) is 5.25. The van der Waals surface area contributed by atoms with Crippen molar-refractivity contribution in [1.82, 2.24) is 9.78 Å². The number of benzene rings is 2. The number of carbonyl (C=O) groups excluding carboxylic acids is 1. The molecule has 0 amide bonds. The predicted octanol–water partition coefficient (Wildman–Crippen LogP) is 4.49. The number of hydrogen-bond acceptors (Lipinski definition) is 5. The van der Waals surface area contributed by atoms with Crippen LogP contribution in [0.2, 0.25) is 0 Å². The van der Waals surface area contributed by atoms with Crippen molar-refractivity contribution in [2.24, 2.45) is 4.99 Å². The SMILES string of the molecule is CCOc1ccccc1C1(OCC)C(=O)C(c2ccccc2)=Nc2c(Br)cnn21. The molecule has 0 bridgehead atoms. The van der Waals surface area contributed by atoms with Gasteiger partial charge in [0.1, 0.15) is 11.5 Å². The van der Waals surface area contributed by atoms with Crippen molar-refractivity contribution in [3.05, 3.63) is 76.4 Å². The van der Waals surface area contributed by atoms with Crippen molar-refractivity contribution in [3.8, 4) is 5.75 Å². The summed E-state index contributed by atoms with van der Waals surface area (Å²) >= 11 is 3.51. The molecule has 2 heterocycles. The van der Waals surface area contributed by atoms with Crippen molar-refractivity contribution in [2.75, 3.05) is 13.2 Å². The lowest BCUT2D eigenvalue weighted by molar-refractivity contribution is -0.146. The third-order valence-electron chi connectivity index (χ3n) is 4.69. The summed E-state index contributed by atoms with van der Waals surface area (Å²) in [5, 5.41) is 4.45. The van der Waals surface area contributed by atoms with Crippen LogP contribution in [0.5, 0.6) is 5.75 Å². The molecule has 6 nitrogen and oxygen atoms in total. The highest BCUT2D eigenvalue weighted by Crippen LogP contribution is 2.43. The summed E-state index contributed by atoms with van der Waals surface area (Å²) in [5.74, 6) is 0.799. The molecule has 0 saturated heterocycles. The van der Waals surface area contributed by atoms with Gasteiger partial charge in [-0.3, -0.25) is 4.79 Å². The van der Waals surface area contributed by atoms with Crippen LogP contribution < -0.4 is 4.74 Å². The van der Waals surface area contributed by atoms with E-state index in [1.54, 1.807) is 6.20 Å². The topological polar surface area (TPSA) is 65.7 Å². The molecule has 0 fully saturated rings. The second kappa shape index (κ2) is 7.93. The Balaban J connectivity index is 2.03. The van der Waals surface area contributed by atoms with Crippen molar-refractivity contribution in [1.29, 1.82) is 0 Å². The van der Waals surface area contributed by atoms with Crippen LogP contribution in [-0.2, 0) is 15.3 Å². The molecule has 1 aliphatic rings. The van der Waals surface area contributed by atoms with E-state index >= 15 is 0 Å². The number of nitrogens with zero attached hydrogens (tertiary/aromatic N) is 3. The van der Waals surface area contributed by atoms with Gasteiger partial charge in [-0.25, -0.2) is 9.67 Å². The molecule has 29 heavy (non-hydrogen) atoms. The zero-order valence-corrected chi connectivity index (χ0v) is 17.7. The molecule has 148 valence electrons. The average molecular weight is 454 g/mol. The van der Waals surface area contributed by atoms with Crippen LogP contribution in [0.25, 0.3) is 0 Å². The van der Waals surface area contributed by atoms with Crippen molar-refractivity contribution in [3.63, 3.8) is 0 Å². The number of ketones is 1. The van der Waals surface area contributed by atoms with Gasteiger partial charge in [0.2, 0.25) is 5.78 Å². The monoisotopic (exact) mass is 453 g/mol. The predicted molar refractivity (Wildman–Crippen MR) is 114 cm³/mol. The maximum absolute atomic E-state index is 14.0. The quantitative estimate of drug-likeness (QED) is 0.551. The van der Waals surface area contributed by atoms with Gasteiger partial charge in [-0.05, 0) is 41.9 Å². The van der Waals surface area contributed by atoms with Gasteiger partial charge in [0, 0.05) is 12.2 Å². The van der Waals surface area contributed by atoms with E-state index < -0.39 is 5.72 Å². The van der Waals surface area contributed by atoms with Gasteiger partial charge < -0.3 is 9.47 Å². The summed E-state index contributed by atoms with van der Waals surface area (Å²) < 4.78 is 14.3. The number of carbonyl (C=O) groups is 1. The minimum absolute atomic E-state index is 0.291. The van der Waals surface area contributed by atoms with E-state index in [2.05, 4.69) is 26.0 Å². The summed E-state index contributed by atoms with van der Waals surface area (Å²) in [7, 11) is 0. The molecule has 0 spiro atoms. The lowest BCUT2D eigenvalue weighted by Gasteiger charge is -2.37. The Hall–Kier alpha value is -2.77. The molecule has 7 heteroatoms. The first kappa shape index (κ1) is 19.5. The number of aromatic nitrogens is 2. The largest absolute Gasteiger partial charge is 0.493 e. The fraction of sp³-hybridized carbons (Fsp3) is 0.227. The standard InChI is InChI=1S/C22H20BrN3O3/c1-3-28-18-13-9-8-12-16(18)22(29-4-2)20(27)19(15-10-6-5-7-11-15)25-21-17(23)14-24-26(21)22/h5-14H,3-4H2,1-2H3. The minimum Gasteiger partial charge on any atom is -0.493 e. The molecule has 0 saturated carbocycles. The van der Waals surface area contributed by atoms with Crippen molar-refractivity contribution in [2.45, 2.75) is 19.6 Å². The number of hydrogen-bond donors (Lipinski definition) is 0. The Kier molecular flexibility index (Phi) is 5.34. The molecule has 1 atom stereocenters. The maximum Gasteiger partial charge on any atom is 0.258 e. The summed E-state index contributed by atoms with van der Waals surface area (Å²) in [6.07, 6.45) is 1.62. The number of aliphatic imine (C=N–C) groups is 1. The normalized spacial score (nSPS) is 18.3. The van der Waals surface area contributed by atoms with E-state index in [4.69, 9.17) is 9.47 Å². The molecule has 1 aromatic heterocycles. The Morgan fingerprint density at radius 1 is 1.03 bits per heavy atom. The fourth-order valence-electron chi connectivity index (χ4n) is 3.54. The van der Waals surface area contributed by atoms with E-state index in [1.165, 1.54) is 4.68 Å². The van der Waals surface area contributed by atoms with Gasteiger partial charge in [0.15, 0.2) is 5.82 Å². The zero-order chi connectivity index (χ0) is 20.4. The number of ether oxygens (including phenoxy) is 2. The van der Waals surface area contributed by atoms with Gasteiger partial charge in [-0.2, -0.15) is 5.10 Å². The van der Waals surface area contributed by atoms with Gasteiger partial charge >= 0.3 is 0 Å². The zero-order valence-electron chi connectivity index (χ0n) is 16.1. The second-order valence-electron chi connectivity index (χ2n) is 6.39. The van der Waals surface area contributed by atoms with E-state index in [0.717, 1.165) is 5.56 Å². The van der Waals surface area contributed by atoms with E-state index in [0.29, 0.717) is 40.5 Å². The lowest BCUT2D eigenvalue weighted by atomic mass is 9.90. The van der Waals surface area contributed by atoms with Gasteiger partial charge in [-0.1, -0.05) is 42.5 Å².